The molecule has 4 nitrogen and oxygen atoms in total. The molecule has 0 aromatic rings. The van der Waals surface area contributed by atoms with Gasteiger partial charge in [0.2, 0.25) is 0 Å². The van der Waals surface area contributed by atoms with Crippen molar-refractivity contribution in [2.75, 3.05) is 0 Å². The largest absolute Gasteiger partial charge is 2.00 e. The Balaban J connectivity index is -0.000000767. The molecule has 0 unspecified atom stereocenters. The summed E-state index contributed by atoms with van der Waals surface area (Å²) in [5.41, 5.74) is 0. The zero-order valence-corrected chi connectivity index (χ0v) is 30.9. The van der Waals surface area contributed by atoms with E-state index < -0.39 is 11.9 Å². The van der Waals surface area contributed by atoms with Crippen LogP contribution in [0.4, 0.5) is 0 Å². The summed E-state index contributed by atoms with van der Waals surface area (Å²) in [6, 6.07) is 0. The van der Waals surface area contributed by atoms with Crippen LogP contribution in [-0.2, 0) is 26.1 Å². The van der Waals surface area contributed by atoms with Gasteiger partial charge in [-0.1, -0.05) is 206 Å². The van der Waals surface area contributed by atoms with Gasteiger partial charge in [0.1, 0.15) is 0 Å². The number of carbonyl (C=O) groups excluding carboxylic acids is 2. The fourth-order valence-corrected chi connectivity index (χ4v) is 5.63. The summed E-state index contributed by atoms with van der Waals surface area (Å²) in [5.74, 6) is -2.16. The molecule has 0 rings (SSSR count). The molecule has 0 aliphatic rings. The van der Waals surface area contributed by atoms with E-state index in [4.69, 9.17) is 0 Å². The maximum absolute atomic E-state index is 10.2. The number of aliphatic carboxylic acids is 2. The van der Waals surface area contributed by atoms with Crippen LogP contribution in [0.3, 0.4) is 0 Å². The summed E-state index contributed by atoms with van der Waals surface area (Å²) in [6.45, 7) is 4.54. The topological polar surface area (TPSA) is 80.3 Å². The molecule has 0 N–H and O–H groups in total. The van der Waals surface area contributed by atoms with E-state index >= 15 is 0 Å². The van der Waals surface area contributed by atoms with Gasteiger partial charge in [0.25, 0.3) is 0 Å². The first kappa shape index (κ1) is 48.3. The number of unbranched alkanes of at least 4 members (excludes halogenated alkanes) is 30. The second kappa shape index (κ2) is 45.0. The average Bonchev–Trinajstić information content (AvgIpc) is 3.00. The van der Waals surface area contributed by atoms with Crippen molar-refractivity contribution >= 4 is 11.9 Å². The first-order valence-electron chi connectivity index (χ1n) is 19.3. The van der Waals surface area contributed by atoms with Crippen molar-refractivity contribution < 1.29 is 36.3 Å². The van der Waals surface area contributed by atoms with Gasteiger partial charge in [-0.15, -0.1) is 0 Å². The summed E-state index contributed by atoms with van der Waals surface area (Å²) in [5, 5.41) is 20.3. The minimum atomic E-state index is -1.08. The van der Waals surface area contributed by atoms with Gasteiger partial charge < -0.3 is 19.8 Å². The van der Waals surface area contributed by atoms with Gasteiger partial charge in [0.15, 0.2) is 0 Å². The third kappa shape index (κ3) is 52.7. The van der Waals surface area contributed by atoms with E-state index in [1.165, 1.54) is 180 Å². The van der Waals surface area contributed by atoms with Gasteiger partial charge in [0, 0.05) is 0 Å². The molecule has 0 atom stereocenters. The quantitative estimate of drug-likeness (QED) is 0.0386. The van der Waals surface area contributed by atoms with E-state index in [2.05, 4.69) is 13.8 Å². The molecule has 0 radical (unpaired) electrons. The van der Waals surface area contributed by atoms with Gasteiger partial charge in [-0.3, -0.25) is 0 Å². The van der Waals surface area contributed by atoms with E-state index in [0.717, 1.165) is 37.8 Å². The molecule has 0 bridgehead atoms. The Bertz CT molecular complexity index is 578. The van der Waals surface area contributed by atoms with Crippen molar-refractivity contribution in [1.82, 2.24) is 0 Å². The third-order valence-corrected chi connectivity index (χ3v) is 8.46. The summed E-state index contributed by atoms with van der Waals surface area (Å²) in [7, 11) is 0. The van der Waals surface area contributed by atoms with E-state index in [1.807, 2.05) is 0 Å². The molecule has 0 aromatic heterocycles. The van der Waals surface area contributed by atoms with Crippen LogP contribution in [-0.4, -0.2) is 11.9 Å². The molecule has 0 aromatic carbocycles. The Kier molecular flexibility index (Phi) is 48.4. The monoisotopic (exact) mass is 676 g/mol. The number of rotatable bonds is 34. The van der Waals surface area contributed by atoms with Gasteiger partial charge in [-0.25, -0.2) is 0 Å². The molecule has 45 heavy (non-hydrogen) atoms. The maximum atomic E-state index is 10.2. The van der Waals surface area contributed by atoms with E-state index in [0.29, 0.717) is 0 Å². The zero-order chi connectivity index (χ0) is 32.6. The van der Waals surface area contributed by atoms with Crippen molar-refractivity contribution in [2.24, 2.45) is 0 Å². The van der Waals surface area contributed by atoms with Crippen LogP contribution in [0.2, 0.25) is 0 Å². The van der Waals surface area contributed by atoms with Crippen LogP contribution < -0.4 is 10.2 Å². The Morgan fingerprint density at radius 3 is 0.711 bits per heavy atom. The van der Waals surface area contributed by atoms with Gasteiger partial charge in [0.05, 0.1) is 11.9 Å². The fraction of sp³-hybridized carbons (Fsp3) is 0.850. The smallest absolute Gasteiger partial charge is 0.545 e. The molecule has 0 saturated carbocycles. The molecular weight excluding hydrogens is 603 g/mol. The van der Waals surface area contributed by atoms with Gasteiger partial charge in [-0.05, 0) is 37.8 Å². The van der Waals surface area contributed by atoms with Crippen LogP contribution in [0.5, 0.6) is 0 Å². The van der Waals surface area contributed by atoms with Crippen molar-refractivity contribution in [2.45, 2.75) is 219 Å². The first-order valence-corrected chi connectivity index (χ1v) is 19.3. The standard InChI is InChI=1S/2C20H38O2.Ni/c2*1-2-3-4-5-6-7-8-9-10-11-12-13-14-15-16-17-18-19-20(21)22;/h2*18-19H,2-17H2,1H3,(H,21,22);/q;;+2/p-2. The van der Waals surface area contributed by atoms with Gasteiger partial charge >= 0.3 is 16.5 Å². The Labute approximate surface area is 291 Å². The molecule has 0 aliphatic heterocycles. The second-order valence-electron chi connectivity index (χ2n) is 12.9. The SMILES string of the molecule is CCCCCCCCCCCCCCCCCC=CC(=O)[O-].CCCCCCCCCCCCCCCCCC=CC(=O)[O-].[Ni+2]. The predicted molar refractivity (Wildman–Crippen MR) is 187 cm³/mol. The molecular formula is C40H74NiO4. The van der Waals surface area contributed by atoms with Gasteiger partial charge in [-0.2, -0.15) is 0 Å². The van der Waals surface area contributed by atoms with Crippen LogP contribution in [0.15, 0.2) is 24.3 Å². The summed E-state index contributed by atoms with van der Waals surface area (Å²) < 4.78 is 0. The molecule has 0 aliphatic carbocycles. The summed E-state index contributed by atoms with van der Waals surface area (Å²) in [4.78, 5) is 20.3. The van der Waals surface area contributed by atoms with E-state index in [-0.39, 0.29) is 16.5 Å². The molecule has 0 fully saturated rings. The number of allylic oxidation sites excluding steroid dienone is 2. The molecule has 268 valence electrons. The van der Waals surface area contributed by atoms with Crippen molar-refractivity contribution in [3.8, 4) is 0 Å². The Morgan fingerprint density at radius 2 is 0.533 bits per heavy atom. The second-order valence-corrected chi connectivity index (χ2v) is 12.9. The normalized spacial score (nSPS) is 11.1. The average molecular weight is 678 g/mol. The van der Waals surface area contributed by atoms with E-state index in [9.17, 15) is 19.8 Å². The summed E-state index contributed by atoms with van der Waals surface area (Å²) in [6.07, 6.45) is 48.3. The number of carboxylic acids is 2. The number of hydrogen-bond acceptors (Lipinski definition) is 4. The van der Waals surface area contributed by atoms with Crippen LogP contribution in [0, 0.1) is 0 Å². The van der Waals surface area contributed by atoms with Crippen molar-refractivity contribution in [3.63, 3.8) is 0 Å². The first-order chi connectivity index (χ1) is 21.5. The number of hydrogen-bond donors (Lipinski definition) is 0. The molecule has 0 amide bonds. The van der Waals surface area contributed by atoms with Crippen LogP contribution >= 0.6 is 0 Å². The number of carboxylic acid groups (broad SMARTS) is 2. The molecule has 0 spiro atoms. The number of carbonyl (C=O) groups is 2. The molecule has 5 heteroatoms. The zero-order valence-electron chi connectivity index (χ0n) is 29.9. The Morgan fingerprint density at radius 1 is 0.356 bits per heavy atom. The predicted octanol–water partition coefficient (Wildman–Crippen LogP) is 11.1. The van der Waals surface area contributed by atoms with Crippen molar-refractivity contribution in [3.05, 3.63) is 24.3 Å². The minimum Gasteiger partial charge on any atom is -0.545 e. The van der Waals surface area contributed by atoms with Crippen LogP contribution in [0.1, 0.15) is 219 Å². The minimum absolute atomic E-state index is 0. The molecule has 0 saturated heterocycles. The van der Waals surface area contributed by atoms with E-state index in [1.54, 1.807) is 12.2 Å². The third-order valence-electron chi connectivity index (χ3n) is 8.46. The Hall–Kier alpha value is -1.09. The molecule has 0 heterocycles. The fourth-order valence-electron chi connectivity index (χ4n) is 5.63. The van der Waals surface area contributed by atoms with Crippen molar-refractivity contribution in [1.29, 1.82) is 0 Å². The van der Waals surface area contributed by atoms with Crippen LogP contribution in [0.25, 0.3) is 0 Å². The summed E-state index contributed by atoms with van der Waals surface area (Å²) >= 11 is 0. The maximum Gasteiger partial charge on any atom is 2.00 e.